The maximum atomic E-state index is 6.15. The highest BCUT2D eigenvalue weighted by Crippen LogP contribution is 2.30. The Balaban J connectivity index is 2.15. The van der Waals surface area contributed by atoms with Crippen LogP contribution in [0.25, 0.3) is 0 Å². The highest BCUT2D eigenvalue weighted by atomic mass is 79.9. The van der Waals surface area contributed by atoms with Crippen molar-refractivity contribution in [1.29, 1.82) is 0 Å². The molecule has 1 heterocycles. The fourth-order valence-electron chi connectivity index (χ4n) is 3.01. The van der Waals surface area contributed by atoms with Gasteiger partial charge in [-0.05, 0) is 49.3 Å². The van der Waals surface area contributed by atoms with Crippen molar-refractivity contribution in [1.82, 2.24) is 0 Å². The number of halogens is 1. The van der Waals surface area contributed by atoms with E-state index in [4.69, 9.17) is 5.73 Å². The lowest BCUT2D eigenvalue weighted by Gasteiger charge is -2.35. The van der Waals surface area contributed by atoms with Crippen LogP contribution in [0.2, 0.25) is 0 Å². The minimum Gasteiger partial charge on any atom is -0.371 e. The van der Waals surface area contributed by atoms with Crippen LogP contribution in [-0.4, -0.2) is 19.1 Å². The summed E-state index contributed by atoms with van der Waals surface area (Å²) in [5.41, 5.74) is 8.94. The van der Waals surface area contributed by atoms with E-state index in [0.717, 1.165) is 18.8 Å². The van der Waals surface area contributed by atoms with Crippen molar-refractivity contribution < 1.29 is 0 Å². The molecular weight excluding hydrogens is 312 g/mol. The molecular formula is C17H27BrN2. The number of hydrogen-bond donors (Lipinski definition) is 1. The van der Waals surface area contributed by atoms with Gasteiger partial charge in [-0.3, -0.25) is 0 Å². The quantitative estimate of drug-likeness (QED) is 0.864. The molecule has 1 saturated heterocycles. The molecule has 0 amide bonds. The average Bonchev–Trinajstić information content (AvgIpc) is 2.49. The van der Waals surface area contributed by atoms with Gasteiger partial charge >= 0.3 is 0 Å². The van der Waals surface area contributed by atoms with Crippen molar-refractivity contribution in [3.8, 4) is 0 Å². The van der Waals surface area contributed by atoms with E-state index in [2.05, 4.69) is 52.9 Å². The van der Waals surface area contributed by atoms with Crippen LogP contribution >= 0.6 is 15.9 Å². The largest absolute Gasteiger partial charge is 0.371 e. The Bertz CT molecular complexity index is 425. The number of benzene rings is 1. The molecule has 1 unspecified atom stereocenters. The SMILES string of the molecule is CCC(N)Cc1ccc(Br)cc1N1CCC(CC)CC1. The Hall–Kier alpha value is -0.540. The number of nitrogens with two attached hydrogens (primary N) is 1. The molecule has 1 aromatic carbocycles. The topological polar surface area (TPSA) is 29.3 Å². The first kappa shape index (κ1) is 15.8. The van der Waals surface area contributed by atoms with E-state index in [1.54, 1.807) is 0 Å². The normalized spacial score (nSPS) is 18.3. The molecule has 0 aromatic heterocycles. The van der Waals surface area contributed by atoms with Crippen LogP contribution < -0.4 is 10.6 Å². The predicted octanol–water partition coefficient (Wildman–Crippen LogP) is 4.36. The molecule has 20 heavy (non-hydrogen) atoms. The Morgan fingerprint density at radius 2 is 2.00 bits per heavy atom. The third-order valence-corrected chi connectivity index (χ3v) is 5.08. The summed E-state index contributed by atoms with van der Waals surface area (Å²) in [4.78, 5) is 2.55. The van der Waals surface area contributed by atoms with Gasteiger partial charge in [0.1, 0.15) is 0 Å². The van der Waals surface area contributed by atoms with Crippen molar-refractivity contribution in [3.05, 3.63) is 28.2 Å². The van der Waals surface area contributed by atoms with Gasteiger partial charge in [0.2, 0.25) is 0 Å². The zero-order valence-corrected chi connectivity index (χ0v) is 14.3. The third-order valence-electron chi connectivity index (χ3n) is 4.59. The van der Waals surface area contributed by atoms with Gasteiger partial charge in [0, 0.05) is 29.3 Å². The lowest BCUT2D eigenvalue weighted by molar-refractivity contribution is 0.394. The molecule has 2 rings (SSSR count). The Morgan fingerprint density at radius 3 is 2.60 bits per heavy atom. The van der Waals surface area contributed by atoms with Crippen molar-refractivity contribution >= 4 is 21.6 Å². The van der Waals surface area contributed by atoms with Gasteiger partial charge in [0.05, 0.1) is 0 Å². The van der Waals surface area contributed by atoms with Crippen LogP contribution in [0.3, 0.4) is 0 Å². The lowest BCUT2D eigenvalue weighted by Crippen LogP contribution is -2.34. The molecule has 0 spiro atoms. The smallest absolute Gasteiger partial charge is 0.0410 e. The van der Waals surface area contributed by atoms with E-state index in [1.807, 2.05) is 0 Å². The Labute approximate surface area is 131 Å². The zero-order chi connectivity index (χ0) is 14.5. The molecule has 0 bridgehead atoms. The fourth-order valence-corrected chi connectivity index (χ4v) is 3.36. The van der Waals surface area contributed by atoms with Gasteiger partial charge in [0.25, 0.3) is 0 Å². The number of anilines is 1. The number of piperidine rings is 1. The Morgan fingerprint density at radius 1 is 1.30 bits per heavy atom. The second-order valence-electron chi connectivity index (χ2n) is 5.98. The van der Waals surface area contributed by atoms with Crippen LogP contribution in [0.15, 0.2) is 22.7 Å². The lowest BCUT2D eigenvalue weighted by atomic mass is 9.93. The van der Waals surface area contributed by atoms with Crippen molar-refractivity contribution in [3.63, 3.8) is 0 Å². The number of rotatable bonds is 5. The highest BCUT2D eigenvalue weighted by molar-refractivity contribution is 9.10. The second kappa shape index (κ2) is 7.46. The van der Waals surface area contributed by atoms with Crippen LogP contribution in [0.4, 0.5) is 5.69 Å². The van der Waals surface area contributed by atoms with E-state index in [0.29, 0.717) is 0 Å². The molecule has 0 saturated carbocycles. The number of hydrogen-bond acceptors (Lipinski definition) is 2. The molecule has 112 valence electrons. The molecule has 1 atom stereocenters. The maximum absolute atomic E-state index is 6.15. The van der Waals surface area contributed by atoms with E-state index >= 15 is 0 Å². The summed E-state index contributed by atoms with van der Waals surface area (Å²) >= 11 is 3.61. The minimum absolute atomic E-state index is 0.267. The molecule has 3 heteroatoms. The fraction of sp³-hybridized carbons (Fsp3) is 0.647. The first-order chi connectivity index (χ1) is 9.63. The van der Waals surface area contributed by atoms with Crippen LogP contribution in [0.1, 0.15) is 45.1 Å². The molecule has 1 fully saturated rings. The van der Waals surface area contributed by atoms with Gasteiger partial charge in [0.15, 0.2) is 0 Å². The van der Waals surface area contributed by atoms with Gasteiger partial charge in [-0.2, -0.15) is 0 Å². The third kappa shape index (κ3) is 3.98. The molecule has 1 aliphatic heterocycles. The molecule has 2 N–H and O–H groups in total. The Kier molecular flexibility index (Phi) is 5.91. The summed E-state index contributed by atoms with van der Waals surface area (Å²) in [6.07, 6.45) is 5.98. The van der Waals surface area contributed by atoms with Gasteiger partial charge < -0.3 is 10.6 Å². The molecule has 1 aromatic rings. The standard InChI is InChI=1S/C17H27BrN2/c1-3-13-7-9-20(10-8-13)17-12-15(18)6-5-14(17)11-16(19)4-2/h5-6,12-13,16H,3-4,7-11,19H2,1-2H3. The zero-order valence-electron chi connectivity index (χ0n) is 12.7. The summed E-state index contributed by atoms with van der Waals surface area (Å²) in [6, 6.07) is 6.91. The molecule has 1 aliphatic rings. The van der Waals surface area contributed by atoms with Gasteiger partial charge in [-0.25, -0.2) is 0 Å². The van der Waals surface area contributed by atoms with E-state index < -0.39 is 0 Å². The van der Waals surface area contributed by atoms with Crippen molar-refractivity contribution in [2.24, 2.45) is 11.7 Å². The summed E-state index contributed by atoms with van der Waals surface area (Å²) in [5, 5.41) is 0. The van der Waals surface area contributed by atoms with Crippen molar-refractivity contribution in [2.75, 3.05) is 18.0 Å². The van der Waals surface area contributed by atoms with E-state index in [9.17, 15) is 0 Å². The van der Waals surface area contributed by atoms with Crippen LogP contribution in [0.5, 0.6) is 0 Å². The van der Waals surface area contributed by atoms with E-state index in [-0.39, 0.29) is 6.04 Å². The average molecular weight is 339 g/mol. The molecule has 0 radical (unpaired) electrons. The summed E-state index contributed by atoms with van der Waals surface area (Å²) in [6.45, 7) is 6.84. The summed E-state index contributed by atoms with van der Waals surface area (Å²) < 4.78 is 1.17. The molecule has 0 aliphatic carbocycles. The first-order valence-corrected chi connectivity index (χ1v) is 8.72. The van der Waals surface area contributed by atoms with Crippen LogP contribution in [0, 0.1) is 5.92 Å². The molecule has 2 nitrogen and oxygen atoms in total. The van der Waals surface area contributed by atoms with Crippen molar-refractivity contribution in [2.45, 2.75) is 52.0 Å². The van der Waals surface area contributed by atoms with Gasteiger partial charge in [-0.15, -0.1) is 0 Å². The monoisotopic (exact) mass is 338 g/mol. The maximum Gasteiger partial charge on any atom is 0.0410 e. The van der Waals surface area contributed by atoms with Gasteiger partial charge in [-0.1, -0.05) is 42.3 Å². The highest BCUT2D eigenvalue weighted by Gasteiger charge is 2.20. The van der Waals surface area contributed by atoms with E-state index in [1.165, 1.54) is 48.1 Å². The summed E-state index contributed by atoms with van der Waals surface area (Å²) in [5.74, 6) is 0.916. The predicted molar refractivity (Wildman–Crippen MR) is 91.3 cm³/mol. The van der Waals surface area contributed by atoms with Crippen LogP contribution in [-0.2, 0) is 6.42 Å². The first-order valence-electron chi connectivity index (χ1n) is 7.93. The second-order valence-corrected chi connectivity index (χ2v) is 6.90. The minimum atomic E-state index is 0.267. The number of nitrogens with zero attached hydrogens (tertiary/aromatic N) is 1. The summed E-state index contributed by atoms with van der Waals surface area (Å²) in [7, 11) is 0.